The molecule has 8 heteroatoms. The largest absolute Gasteiger partial charge is 0.489 e. The molecule has 4 aromatic rings. The number of esters is 1. The highest BCUT2D eigenvalue weighted by Crippen LogP contribution is 2.26. The number of nitrogens with one attached hydrogen (secondary N) is 2. The molecule has 2 N–H and O–H groups in total. The van der Waals surface area contributed by atoms with Crippen LogP contribution in [0.4, 0.5) is 5.69 Å². The maximum Gasteiger partial charge on any atom is 0.340 e. The summed E-state index contributed by atoms with van der Waals surface area (Å²) in [5.74, 6) is -1.80. The number of amides is 1. The second kappa shape index (κ2) is 9.58. The summed E-state index contributed by atoms with van der Waals surface area (Å²) in [6.07, 6.45) is 1.47. The fraction of sp³-hybridized carbons (Fsp3) is 0.0800. The standard InChI is InChI=1S/C25H19ClN2O5/c1-32-25(31)19-11-16(26)7-9-22(19)28-24(30)23(29)20-13-27-21-10-8-17(12-18(20)21)33-14-15-5-3-2-4-6-15/h2-13,27H,14H2,1H3,(H,28,30). The fourth-order valence-electron chi connectivity index (χ4n) is 3.32. The molecule has 0 unspecified atom stereocenters. The molecule has 33 heavy (non-hydrogen) atoms. The van der Waals surface area contributed by atoms with Gasteiger partial charge in [-0.2, -0.15) is 0 Å². The van der Waals surface area contributed by atoms with Crippen LogP contribution in [0.15, 0.2) is 72.9 Å². The number of halogens is 1. The summed E-state index contributed by atoms with van der Waals surface area (Å²) in [5, 5.41) is 3.31. The molecule has 7 nitrogen and oxygen atoms in total. The van der Waals surface area contributed by atoms with Crippen molar-refractivity contribution in [1.29, 1.82) is 0 Å². The molecule has 0 aliphatic carbocycles. The lowest BCUT2D eigenvalue weighted by molar-refractivity contribution is -0.112. The van der Waals surface area contributed by atoms with Crippen LogP contribution in [0.25, 0.3) is 10.9 Å². The molecule has 4 rings (SSSR count). The predicted molar refractivity (Wildman–Crippen MR) is 125 cm³/mol. The van der Waals surface area contributed by atoms with Gasteiger partial charge in [0.05, 0.1) is 23.9 Å². The quantitative estimate of drug-likeness (QED) is 0.228. The number of rotatable bonds is 7. The number of ether oxygens (including phenoxy) is 2. The lowest BCUT2D eigenvalue weighted by atomic mass is 10.1. The van der Waals surface area contributed by atoms with E-state index in [0.29, 0.717) is 28.3 Å². The molecule has 1 heterocycles. The first kappa shape index (κ1) is 22.1. The number of ketones is 1. The molecule has 0 aliphatic heterocycles. The highest BCUT2D eigenvalue weighted by Gasteiger charge is 2.23. The number of methoxy groups -OCH3 is 1. The monoisotopic (exact) mass is 462 g/mol. The van der Waals surface area contributed by atoms with Crippen LogP contribution in [0.3, 0.4) is 0 Å². The molecule has 0 spiro atoms. The van der Waals surface area contributed by atoms with Gasteiger partial charge in [0, 0.05) is 22.1 Å². The van der Waals surface area contributed by atoms with Gasteiger partial charge in [-0.1, -0.05) is 41.9 Å². The van der Waals surface area contributed by atoms with E-state index in [2.05, 4.69) is 10.3 Å². The minimum atomic E-state index is -0.904. The molecule has 0 atom stereocenters. The van der Waals surface area contributed by atoms with Crippen molar-refractivity contribution >= 4 is 45.9 Å². The summed E-state index contributed by atoms with van der Waals surface area (Å²) in [7, 11) is 1.21. The highest BCUT2D eigenvalue weighted by molar-refractivity contribution is 6.48. The first-order valence-corrected chi connectivity index (χ1v) is 10.4. The Morgan fingerprint density at radius 1 is 0.970 bits per heavy atom. The van der Waals surface area contributed by atoms with Crippen molar-refractivity contribution in [3.05, 3.63) is 94.6 Å². The summed E-state index contributed by atoms with van der Waals surface area (Å²) >= 11 is 5.94. The van der Waals surface area contributed by atoms with Crippen molar-refractivity contribution in [2.45, 2.75) is 6.61 Å². The zero-order valence-corrected chi connectivity index (χ0v) is 18.3. The molecule has 0 saturated carbocycles. The molecule has 1 aromatic heterocycles. The first-order valence-electron chi connectivity index (χ1n) is 9.97. The minimum Gasteiger partial charge on any atom is -0.489 e. The summed E-state index contributed by atoms with van der Waals surface area (Å²) in [4.78, 5) is 40.6. The predicted octanol–water partition coefficient (Wildman–Crippen LogP) is 5.01. The molecule has 0 aliphatic rings. The Morgan fingerprint density at radius 2 is 1.76 bits per heavy atom. The van der Waals surface area contributed by atoms with Crippen LogP contribution < -0.4 is 10.1 Å². The number of carbonyl (C=O) groups is 3. The van der Waals surface area contributed by atoms with Gasteiger partial charge >= 0.3 is 5.97 Å². The fourth-order valence-corrected chi connectivity index (χ4v) is 3.50. The summed E-state index contributed by atoms with van der Waals surface area (Å²) < 4.78 is 10.6. The number of aromatic nitrogens is 1. The van der Waals surface area contributed by atoms with Crippen LogP contribution in [0.2, 0.25) is 5.02 Å². The average Bonchev–Trinajstić information content (AvgIpc) is 3.26. The lowest BCUT2D eigenvalue weighted by Crippen LogP contribution is -2.24. The summed E-state index contributed by atoms with van der Waals surface area (Å²) in [5.41, 5.74) is 2.03. The Hall–Kier alpha value is -4.10. The van der Waals surface area contributed by atoms with E-state index in [-0.39, 0.29) is 16.8 Å². The maximum absolute atomic E-state index is 12.9. The van der Waals surface area contributed by atoms with Crippen LogP contribution in [0.5, 0.6) is 5.75 Å². The van der Waals surface area contributed by atoms with E-state index in [0.717, 1.165) is 5.56 Å². The Kier molecular flexibility index (Phi) is 6.42. The highest BCUT2D eigenvalue weighted by atomic mass is 35.5. The van der Waals surface area contributed by atoms with Crippen molar-refractivity contribution < 1.29 is 23.9 Å². The van der Waals surface area contributed by atoms with E-state index in [1.54, 1.807) is 18.2 Å². The van der Waals surface area contributed by atoms with E-state index in [1.807, 2.05) is 30.3 Å². The topological polar surface area (TPSA) is 97.5 Å². The zero-order valence-electron chi connectivity index (χ0n) is 17.6. The van der Waals surface area contributed by atoms with Crippen molar-refractivity contribution in [1.82, 2.24) is 4.98 Å². The van der Waals surface area contributed by atoms with Crippen molar-refractivity contribution in [2.24, 2.45) is 0 Å². The smallest absolute Gasteiger partial charge is 0.340 e. The second-order valence-electron chi connectivity index (χ2n) is 7.15. The number of hydrogen-bond donors (Lipinski definition) is 2. The van der Waals surface area contributed by atoms with Crippen molar-refractivity contribution in [3.63, 3.8) is 0 Å². The number of aromatic amines is 1. The Morgan fingerprint density at radius 3 is 2.52 bits per heavy atom. The molecule has 3 aromatic carbocycles. The number of fused-ring (bicyclic) bond motifs is 1. The third-order valence-electron chi connectivity index (χ3n) is 4.99. The van der Waals surface area contributed by atoms with Gasteiger partial charge in [-0.25, -0.2) is 4.79 Å². The van der Waals surface area contributed by atoms with Gasteiger partial charge in [0.2, 0.25) is 0 Å². The Labute approximate surface area is 194 Å². The number of Topliss-reactive ketones (excluding diaryl/α,β-unsaturated/α-hetero) is 1. The van der Waals surface area contributed by atoms with Gasteiger partial charge in [-0.3, -0.25) is 9.59 Å². The third-order valence-corrected chi connectivity index (χ3v) is 5.22. The summed E-state index contributed by atoms with van der Waals surface area (Å²) in [6, 6.07) is 19.2. The van der Waals surface area contributed by atoms with E-state index in [4.69, 9.17) is 21.1 Å². The van der Waals surface area contributed by atoms with Crippen LogP contribution >= 0.6 is 11.6 Å². The number of carbonyl (C=O) groups excluding carboxylic acids is 3. The van der Waals surface area contributed by atoms with Crippen molar-refractivity contribution in [2.75, 3.05) is 12.4 Å². The summed E-state index contributed by atoms with van der Waals surface area (Å²) in [6.45, 7) is 0.368. The number of hydrogen-bond acceptors (Lipinski definition) is 5. The van der Waals surface area contributed by atoms with Gasteiger partial charge < -0.3 is 19.8 Å². The molecular formula is C25H19ClN2O5. The van der Waals surface area contributed by atoms with Crippen LogP contribution in [-0.2, 0) is 16.1 Å². The maximum atomic E-state index is 12.9. The van der Waals surface area contributed by atoms with E-state index >= 15 is 0 Å². The normalized spacial score (nSPS) is 10.6. The lowest BCUT2D eigenvalue weighted by Gasteiger charge is -2.10. The second-order valence-corrected chi connectivity index (χ2v) is 7.59. The number of benzene rings is 3. The van der Waals surface area contributed by atoms with Gasteiger partial charge in [0.25, 0.3) is 11.7 Å². The molecule has 0 radical (unpaired) electrons. The van der Waals surface area contributed by atoms with Gasteiger partial charge in [0.15, 0.2) is 0 Å². The van der Waals surface area contributed by atoms with E-state index in [9.17, 15) is 14.4 Å². The van der Waals surface area contributed by atoms with Gasteiger partial charge in [-0.15, -0.1) is 0 Å². The zero-order chi connectivity index (χ0) is 23.4. The molecule has 1 amide bonds. The average molecular weight is 463 g/mol. The van der Waals surface area contributed by atoms with E-state index < -0.39 is 17.7 Å². The molecule has 0 fully saturated rings. The third kappa shape index (κ3) is 4.88. The molecule has 0 saturated heterocycles. The molecule has 0 bridgehead atoms. The first-order chi connectivity index (χ1) is 16.0. The Bertz CT molecular complexity index is 1350. The van der Waals surface area contributed by atoms with Crippen LogP contribution in [-0.4, -0.2) is 29.8 Å². The number of anilines is 1. The SMILES string of the molecule is COC(=O)c1cc(Cl)ccc1NC(=O)C(=O)c1c[nH]c2ccc(OCc3ccccc3)cc12. The van der Waals surface area contributed by atoms with Gasteiger partial charge in [0.1, 0.15) is 12.4 Å². The Balaban J connectivity index is 1.55. The van der Waals surface area contributed by atoms with Gasteiger partial charge in [-0.05, 0) is 42.0 Å². The molecule has 166 valence electrons. The van der Waals surface area contributed by atoms with Crippen LogP contribution in [0, 0.1) is 0 Å². The van der Waals surface area contributed by atoms with E-state index in [1.165, 1.54) is 31.5 Å². The van der Waals surface area contributed by atoms with Crippen molar-refractivity contribution in [3.8, 4) is 5.75 Å². The number of H-pyrrole nitrogens is 1. The minimum absolute atomic E-state index is 0.0432. The van der Waals surface area contributed by atoms with Crippen LogP contribution in [0.1, 0.15) is 26.3 Å². The molecular weight excluding hydrogens is 444 g/mol.